The van der Waals surface area contributed by atoms with Gasteiger partial charge in [0.25, 0.3) is 0 Å². The monoisotopic (exact) mass is 777 g/mol. The van der Waals surface area contributed by atoms with Crippen molar-refractivity contribution >= 4 is 5.97 Å². The Morgan fingerprint density at radius 2 is 1.43 bits per heavy atom. The fourth-order valence-corrected chi connectivity index (χ4v) is 18.4. The molecule has 3 N–H and O–H groups in total. The van der Waals surface area contributed by atoms with Crippen molar-refractivity contribution in [2.45, 2.75) is 208 Å². The van der Waals surface area contributed by atoms with Gasteiger partial charge in [0.2, 0.25) is 0 Å². The molecule has 5 nitrogen and oxygen atoms in total. The molecule has 0 saturated heterocycles. The van der Waals surface area contributed by atoms with Crippen LogP contribution < -0.4 is 10.6 Å². The molecule has 14 unspecified atom stereocenters. The lowest BCUT2D eigenvalue weighted by molar-refractivity contribution is -0.165. The molecule has 5 heteroatoms. The first-order chi connectivity index (χ1) is 26.7. The molecule has 8 aliphatic rings. The number of nitrogens with one attached hydrogen (secondary N) is 2. The van der Waals surface area contributed by atoms with Gasteiger partial charge in [-0.25, -0.2) is 0 Å². The summed E-state index contributed by atoms with van der Waals surface area (Å²) in [6.45, 7) is 20.4. The molecule has 0 aromatic heterocycles. The zero-order valence-corrected chi connectivity index (χ0v) is 37.7. The molecule has 8 rings (SSSR count). The first-order valence-electron chi connectivity index (χ1n) is 24.9. The van der Waals surface area contributed by atoms with E-state index in [0.29, 0.717) is 57.4 Å². The molecule has 8 aliphatic carbocycles. The Labute approximate surface area is 344 Å². The maximum atomic E-state index is 11.9. The minimum atomic E-state index is -0.0579. The molecule has 0 amide bonds. The van der Waals surface area contributed by atoms with E-state index in [4.69, 9.17) is 4.74 Å². The van der Waals surface area contributed by atoms with Crippen LogP contribution in [-0.2, 0) is 9.53 Å². The Kier molecular flexibility index (Phi) is 12.0. The van der Waals surface area contributed by atoms with Crippen LogP contribution in [0.15, 0.2) is 0 Å². The van der Waals surface area contributed by atoms with Crippen LogP contribution >= 0.6 is 0 Å². The molecule has 8 saturated carbocycles. The van der Waals surface area contributed by atoms with Crippen LogP contribution in [0.2, 0.25) is 0 Å². The van der Waals surface area contributed by atoms with Gasteiger partial charge in [0.15, 0.2) is 0 Å². The summed E-state index contributed by atoms with van der Waals surface area (Å²) in [5, 5.41) is 19.5. The van der Waals surface area contributed by atoms with E-state index in [0.717, 1.165) is 73.3 Å². The Morgan fingerprint density at radius 3 is 2.23 bits per heavy atom. The van der Waals surface area contributed by atoms with Crippen molar-refractivity contribution in [3.05, 3.63) is 0 Å². The van der Waals surface area contributed by atoms with Gasteiger partial charge in [0.1, 0.15) is 0 Å². The smallest absolute Gasteiger partial charge is 0.305 e. The SMILES string of the molecule is COC(=O)CC[C@@H](C)C1CCC2C3CC[C@H]4C[C@H](NCCNC(C)CC[C@@]5(C)CCC6C7CC(O)C8CCCCC8(C)C7CCC65C)CCC4(C)C3CCC21C. The summed E-state index contributed by atoms with van der Waals surface area (Å²) in [6, 6.07) is 1.26. The Hall–Kier alpha value is -0.650. The van der Waals surface area contributed by atoms with Crippen LogP contribution in [0.5, 0.6) is 0 Å². The predicted octanol–water partition coefficient (Wildman–Crippen LogP) is 11.4. The molecule has 18 atom stereocenters. The van der Waals surface area contributed by atoms with Crippen LogP contribution in [0, 0.1) is 86.3 Å². The number of aliphatic hydroxyl groups is 1. The topological polar surface area (TPSA) is 70.6 Å². The normalized spacial score (nSPS) is 50.7. The molecule has 320 valence electrons. The molecule has 0 spiro atoms. The number of carbonyl (C=O) groups excluding carboxylic acids is 1. The van der Waals surface area contributed by atoms with E-state index in [-0.39, 0.29) is 12.1 Å². The predicted molar refractivity (Wildman–Crippen MR) is 230 cm³/mol. The molecule has 0 aromatic carbocycles. The number of hydrogen-bond acceptors (Lipinski definition) is 5. The molecule has 0 aliphatic heterocycles. The molecular weight excluding hydrogens is 689 g/mol. The average Bonchev–Trinajstić information content (AvgIpc) is 3.67. The highest BCUT2D eigenvalue weighted by Gasteiger charge is 2.64. The molecule has 56 heavy (non-hydrogen) atoms. The number of fused-ring (bicyclic) bond motifs is 10. The Balaban J connectivity index is 0.777. The molecule has 0 radical (unpaired) electrons. The maximum Gasteiger partial charge on any atom is 0.305 e. The molecule has 0 bridgehead atoms. The molecule has 0 heterocycles. The maximum absolute atomic E-state index is 11.9. The van der Waals surface area contributed by atoms with Crippen LogP contribution in [0.4, 0.5) is 0 Å². The second kappa shape index (κ2) is 16.0. The number of aliphatic hydroxyl groups excluding tert-OH is 1. The van der Waals surface area contributed by atoms with Gasteiger partial charge < -0.3 is 20.5 Å². The summed E-state index contributed by atoms with van der Waals surface area (Å²) in [7, 11) is 1.53. The highest BCUT2D eigenvalue weighted by atomic mass is 16.5. The minimum absolute atomic E-state index is 0.0375. The van der Waals surface area contributed by atoms with E-state index in [1.54, 1.807) is 0 Å². The van der Waals surface area contributed by atoms with Crippen molar-refractivity contribution in [2.24, 2.45) is 86.3 Å². The van der Waals surface area contributed by atoms with Gasteiger partial charge in [-0.1, -0.05) is 54.4 Å². The van der Waals surface area contributed by atoms with E-state index >= 15 is 0 Å². The molecule has 0 aromatic rings. The molecule has 8 fully saturated rings. The summed E-state index contributed by atoms with van der Waals surface area (Å²) < 4.78 is 4.99. The first-order valence-corrected chi connectivity index (χ1v) is 24.9. The Morgan fingerprint density at radius 1 is 0.696 bits per heavy atom. The summed E-state index contributed by atoms with van der Waals surface area (Å²) in [4.78, 5) is 11.9. The van der Waals surface area contributed by atoms with Crippen LogP contribution in [0.3, 0.4) is 0 Å². The fraction of sp³-hybridized carbons (Fsp3) is 0.980. The lowest BCUT2D eigenvalue weighted by atomic mass is 9.43. The fourth-order valence-electron chi connectivity index (χ4n) is 18.4. The van der Waals surface area contributed by atoms with Gasteiger partial charge in [-0.15, -0.1) is 0 Å². The summed E-state index contributed by atoms with van der Waals surface area (Å²) in [6.07, 6.45) is 28.9. The van der Waals surface area contributed by atoms with Gasteiger partial charge in [-0.3, -0.25) is 4.79 Å². The van der Waals surface area contributed by atoms with E-state index in [9.17, 15) is 9.90 Å². The quantitative estimate of drug-likeness (QED) is 0.136. The van der Waals surface area contributed by atoms with Gasteiger partial charge in [0, 0.05) is 31.6 Å². The van der Waals surface area contributed by atoms with E-state index < -0.39 is 0 Å². The minimum Gasteiger partial charge on any atom is -0.469 e. The van der Waals surface area contributed by atoms with Crippen LogP contribution in [0.25, 0.3) is 0 Å². The third kappa shape index (κ3) is 7.02. The van der Waals surface area contributed by atoms with Crippen molar-refractivity contribution in [1.29, 1.82) is 0 Å². The van der Waals surface area contributed by atoms with Gasteiger partial charge >= 0.3 is 5.97 Å². The number of hydrogen-bond donors (Lipinski definition) is 3. The number of methoxy groups -OCH3 is 1. The van der Waals surface area contributed by atoms with Crippen LogP contribution in [0.1, 0.15) is 190 Å². The summed E-state index contributed by atoms with van der Waals surface area (Å²) in [5.41, 5.74) is 2.25. The lowest BCUT2D eigenvalue weighted by Crippen LogP contribution is -2.57. The highest BCUT2D eigenvalue weighted by Crippen LogP contribution is 2.72. The van der Waals surface area contributed by atoms with Crippen LogP contribution in [-0.4, -0.2) is 49.5 Å². The number of carbonyl (C=O) groups is 1. The van der Waals surface area contributed by atoms with E-state index in [2.05, 4.69) is 59.1 Å². The number of ether oxygens (including phenoxy) is 1. The summed E-state index contributed by atoms with van der Waals surface area (Å²) >= 11 is 0. The van der Waals surface area contributed by atoms with Crippen molar-refractivity contribution in [3.8, 4) is 0 Å². The van der Waals surface area contributed by atoms with Crippen molar-refractivity contribution in [1.82, 2.24) is 10.6 Å². The van der Waals surface area contributed by atoms with E-state index in [1.165, 1.54) is 129 Å². The van der Waals surface area contributed by atoms with Gasteiger partial charge in [-0.05, 0) is 215 Å². The van der Waals surface area contributed by atoms with Gasteiger partial charge in [0.05, 0.1) is 13.2 Å². The first kappa shape index (κ1) is 42.1. The van der Waals surface area contributed by atoms with Crippen molar-refractivity contribution in [3.63, 3.8) is 0 Å². The lowest BCUT2D eigenvalue weighted by Gasteiger charge is -2.63. The second-order valence-electron chi connectivity index (χ2n) is 23.9. The highest BCUT2D eigenvalue weighted by molar-refractivity contribution is 5.69. The Bertz CT molecular complexity index is 1390. The second-order valence-corrected chi connectivity index (χ2v) is 23.9. The summed E-state index contributed by atoms with van der Waals surface area (Å²) in [5.74, 6) is 7.94. The number of esters is 1. The third-order valence-electron chi connectivity index (χ3n) is 22.0. The largest absolute Gasteiger partial charge is 0.469 e. The van der Waals surface area contributed by atoms with E-state index in [1.807, 2.05) is 0 Å². The zero-order valence-electron chi connectivity index (χ0n) is 37.7. The standard InChI is InChI=1S/C51H88N2O3/c1-33(12-17-46(55)56-8)39-15-16-40-37-14-13-35-31-36(19-26-48(35,4)41(37)21-27-50(39,40)6)53-30-29-52-34(2)18-24-47(3)25-20-43-38-32-45(54)44-11-9-10-23-49(44,5)42(38)22-28-51(43,47)7/h33-45,52-54H,9-32H2,1-8H3/t33-,34?,35+,36-,37?,38?,39?,40?,41?,42?,43?,44?,45?,47+,48?,49?,50?,51?/m1/s1. The molecular formula is C51H88N2O3. The zero-order chi connectivity index (χ0) is 39.7. The third-order valence-corrected chi connectivity index (χ3v) is 22.0. The van der Waals surface area contributed by atoms with Crippen molar-refractivity contribution < 1.29 is 14.6 Å². The number of rotatable bonds is 12. The van der Waals surface area contributed by atoms with Crippen molar-refractivity contribution in [2.75, 3.05) is 20.2 Å². The average molecular weight is 777 g/mol. The van der Waals surface area contributed by atoms with Gasteiger partial charge in [-0.2, -0.15) is 0 Å².